The van der Waals surface area contributed by atoms with Gasteiger partial charge in [-0.1, -0.05) is 17.7 Å². The highest BCUT2D eigenvalue weighted by atomic mass is 16.3. The molecule has 2 atom stereocenters. The van der Waals surface area contributed by atoms with Gasteiger partial charge < -0.3 is 15.3 Å². The van der Waals surface area contributed by atoms with E-state index in [0.29, 0.717) is 12.3 Å². The number of benzene rings is 1. The van der Waals surface area contributed by atoms with Crippen LogP contribution in [0.5, 0.6) is 0 Å². The Morgan fingerprint density at radius 1 is 1.35 bits per heavy atom. The number of rotatable bonds is 6. The van der Waals surface area contributed by atoms with E-state index in [9.17, 15) is 9.90 Å². The van der Waals surface area contributed by atoms with E-state index in [1.807, 2.05) is 20.8 Å². The van der Waals surface area contributed by atoms with Crippen LogP contribution in [-0.2, 0) is 4.79 Å². The van der Waals surface area contributed by atoms with Crippen LogP contribution in [0.2, 0.25) is 0 Å². The first-order chi connectivity index (χ1) is 10.9. The van der Waals surface area contributed by atoms with Crippen LogP contribution in [0.3, 0.4) is 0 Å². The average Bonchev–Trinajstić information content (AvgIpc) is 2.92. The summed E-state index contributed by atoms with van der Waals surface area (Å²) < 4.78 is 0. The summed E-state index contributed by atoms with van der Waals surface area (Å²) in [5.74, 6) is 0.480. The van der Waals surface area contributed by atoms with Crippen molar-refractivity contribution >= 4 is 11.6 Å². The van der Waals surface area contributed by atoms with E-state index < -0.39 is 0 Å². The topological polar surface area (TPSA) is 52.6 Å². The minimum atomic E-state index is -0.226. The fourth-order valence-corrected chi connectivity index (χ4v) is 3.50. The Hall–Kier alpha value is -1.39. The second-order valence-electron chi connectivity index (χ2n) is 7.02. The molecule has 1 aromatic rings. The van der Waals surface area contributed by atoms with Gasteiger partial charge in [-0.15, -0.1) is 0 Å². The fraction of sp³-hybridized carbons (Fsp3) is 0.632. The molecular weight excluding hydrogens is 288 g/mol. The van der Waals surface area contributed by atoms with E-state index in [-0.39, 0.29) is 12.0 Å². The summed E-state index contributed by atoms with van der Waals surface area (Å²) in [4.78, 5) is 14.5. The number of carbonyl (C=O) groups excluding carboxylic acids is 1. The molecule has 0 aliphatic carbocycles. The normalized spacial score (nSPS) is 19.8. The number of nitrogens with one attached hydrogen (secondary N) is 1. The molecule has 0 saturated carbocycles. The molecule has 1 heterocycles. The second kappa shape index (κ2) is 7.93. The molecule has 4 nitrogen and oxygen atoms in total. The molecule has 1 aliphatic rings. The van der Waals surface area contributed by atoms with E-state index in [1.165, 1.54) is 5.56 Å². The predicted molar refractivity (Wildman–Crippen MR) is 94.7 cm³/mol. The zero-order chi connectivity index (χ0) is 17.0. The van der Waals surface area contributed by atoms with Crippen LogP contribution in [0.15, 0.2) is 12.1 Å². The van der Waals surface area contributed by atoms with Crippen molar-refractivity contribution in [3.8, 4) is 0 Å². The van der Waals surface area contributed by atoms with Crippen molar-refractivity contribution in [2.45, 2.75) is 53.1 Å². The van der Waals surface area contributed by atoms with Crippen molar-refractivity contribution < 1.29 is 9.90 Å². The van der Waals surface area contributed by atoms with Crippen LogP contribution in [0.25, 0.3) is 0 Å². The van der Waals surface area contributed by atoms with Gasteiger partial charge in [0.1, 0.15) is 0 Å². The van der Waals surface area contributed by atoms with E-state index in [1.54, 1.807) is 0 Å². The summed E-state index contributed by atoms with van der Waals surface area (Å²) in [6.07, 6.45) is 2.24. The molecule has 1 aromatic carbocycles. The molecule has 2 N–H and O–H groups in total. The van der Waals surface area contributed by atoms with Crippen LogP contribution in [-0.4, -0.2) is 41.7 Å². The van der Waals surface area contributed by atoms with Crippen LogP contribution in [0.1, 0.15) is 42.9 Å². The van der Waals surface area contributed by atoms with E-state index in [4.69, 9.17) is 0 Å². The van der Waals surface area contributed by atoms with Gasteiger partial charge in [0.05, 0.1) is 6.10 Å². The number of hydrogen-bond donors (Lipinski definition) is 2. The number of likely N-dealkylation sites (tertiary alicyclic amines) is 1. The molecule has 0 spiro atoms. The van der Waals surface area contributed by atoms with Crippen molar-refractivity contribution in [3.63, 3.8) is 0 Å². The van der Waals surface area contributed by atoms with Gasteiger partial charge in [0, 0.05) is 18.7 Å². The number of aliphatic hydroxyl groups is 1. The molecule has 0 radical (unpaired) electrons. The number of anilines is 1. The minimum Gasteiger partial charge on any atom is -0.393 e. The van der Waals surface area contributed by atoms with Crippen molar-refractivity contribution in [2.75, 3.05) is 25.0 Å². The maximum Gasteiger partial charge on any atom is 0.224 e. The molecule has 2 rings (SSSR count). The summed E-state index contributed by atoms with van der Waals surface area (Å²) in [6.45, 7) is 10.9. The number of hydrogen-bond acceptors (Lipinski definition) is 3. The molecule has 1 saturated heterocycles. The number of carbonyl (C=O) groups is 1. The van der Waals surface area contributed by atoms with Gasteiger partial charge in [0.25, 0.3) is 0 Å². The third kappa shape index (κ3) is 5.05. The van der Waals surface area contributed by atoms with Gasteiger partial charge in [0.15, 0.2) is 0 Å². The van der Waals surface area contributed by atoms with Crippen LogP contribution in [0, 0.1) is 26.7 Å². The van der Waals surface area contributed by atoms with Gasteiger partial charge in [-0.05, 0) is 70.7 Å². The first kappa shape index (κ1) is 18.0. The van der Waals surface area contributed by atoms with E-state index in [0.717, 1.165) is 49.3 Å². The molecule has 4 heteroatoms. The zero-order valence-electron chi connectivity index (χ0n) is 14.9. The highest BCUT2D eigenvalue weighted by molar-refractivity contribution is 5.92. The first-order valence-corrected chi connectivity index (χ1v) is 8.65. The molecule has 0 aromatic heterocycles. The number of aryl methyl sites for hydroxylation is 3. The third-order valence-electron chi connectivity index (χ3n) is 4.81. The first-order valence-electron chi connectivity index (χ1n) is 8.65. The lowest BCUT2D eigenvalue weighted by atomic mass is 10.0. The molecule has 0 bridgehead atoms. The lowest BCUT2D eigenvalue weighted by Crippen LogP contribution is -2.26. The molecule has 128 valence electrons. The summed E-state index contributed by atoms with van der Waals surface area (Å²) >= 11 is 0. The lowest BCUT2D eigenvalue weighted by molar-refractivity contribution is -0.116. The van der Waals surface area contributed by atoms with Crippen LogP contribution >= 0.6 is 0 Å². The Labute approximate surface area is 139 Å². The molecule has 1 aliphatic heterocycles. The summed E-state index contributed by atoms with van der Waals surface area (Å²) in [7, 11) is 0. The lowest BCUT2D eigenvalue weighted by Gasteiger charge is -2.17. The zero-order valence-corrected chi connectivity index (χ0v) is 14.9. The monoisotopic (exact) mass is 318 g/mol. The standard InChI is InChI=1S/C19H30N2O2/c1-13-10-14(2)19(15(3)11-13)20-18(23)6-5-8-21-9-7-17(12-21)16(4)22/h10-11,16-17,22H,5-9,12H2,1-4H3,(H,20,23). The van der Waals surface area contributed by atoms with Gasteiger partial charge in [-0.25, -0.2) is 0 Å². The largest absolute Gasteiger partial charge is 0.393 e. The van der Waals surface area contributed by atoms with E-state index in [2.05, 4.69) is 29.3 Å². The molecule has 1 fully saturated rings. The summed E-state index contributed by atoms with van der Waals surface area (Å²) in [6, 6.07) is 4.20. The SMILES string of the molecule is Cc1cc(C)c(NC(=O)CCCN2CCC(C(C)O)C2)c(C)c1. The van der Waals surface area contributed by atoms with Crippen molar-refractivity contribution in [3.05, 3.63) is 28.8 Å². The van der Waals surface area contributed by atoms with Crippen molar-refractivity contribution in [1.82, 2.24) is 4.90 Å². The summed E-state index contributed by atoms with van der Waals surface area (Å²) in [5.41, 5.74) is 4.42. The van der Waals surface area contributed by atoms with Gasteiger partial charge in [-0.3, -0.25) is 4.79 Å². The smallest absolute Gasteiger partial charge is 0.224 e. The van der Waals surface area contributed by atoms with Crippen LogP contribution < -0.4 is 5.32 Å². The maximum atomic E-state index is 12.2. The summed E-state index contributed by atoms with van der Waals surface area (Å²) in [5, 5.41) is 12.7. The average molecular weight is 318 g/mol. The Bertz CT molecular complexity index is 531. The number of aliphatic hydroxyl groups excluding tert-OH is 1. The molecular formula is C19H30N2O2. The molecule has 2 unspecified atom stereocenters. The Balaban J connectivity index is 1.76. The highest BCUT2D eigenvalue weighted by Crippen LogP contribution is 2.23. The number of nitrogens with zero attached hydrogens (tertiary/aromatic N) is 1. The fourth-order valence-electron chi connectivity index (χ4n) is 3.50. The van der Waals surface area contributed by atoms with Crippen molar-refractivity contribution in [2.24, 2.45) is 5.92 Å². The minimum absolute atomic E-state index is 0.0892. The Kier molecular flexibility index (Phi) is 6.19. The quantitative estimate of drug-likeness (QED) is 0.847. The van der Waals surface area contributed by atoms with Crippen LogP contribution in [0.4, 0.5) is 5.69 Å². The highest BCUT2D eigenvalue weighted by Gasteiger charge is 2.25. The predicted octanol–water partition coefficient (Wildman–Crippen LogP) is 3.03. The third-order valence-corrected chi connectivity index (χ3v) is 4.81. The van der Waals surface area contributed by atoms with Gasteiger partial charge >= 0.3 is 0 Å². The Morgan fingerprint density at radius 2 is 2.00 bits per heavy atom. The van der Waals surface area contributed by atoms with Gasteiger partial charge in [-0.2, -0.15) is 0 Å². The molecule has 1 amide bonds. The van der Waals surface area contributed by atoms with Gasteiger partial charge in [0.2, 0.25) is 5.91 Å². The maximum absolute atomic E-state index is 12.2. The molecule has 23 heavy (non-hydrogen) atoms. The van der Waals surface area contributed by atoms with E-state index >= 15 is 0 Å². The second-order valence-corrected chi connectivity index (χ2v) is 7.02. The number of amides is 1. The Morgan fingerprint density at radius 3 is 2.57 bits per heavy atom. The van der Waals surface area contributed by atoms with Crippen molar-refractivity contribution in [1.29, 1.82) is 0 Å².